The van der Waals surface area contributed by atoms with Crippen molar-refractivity contribution in [3.8, 4) is 0 Å². The number of hydrogen-bond donors (Lipinski definition) is 2. The van der Waals surface area contributed by atoms with Crippen molar-refractivity contribution in [2.24, 2.45) is 16.2 Å². The fourth-order valence-electron chi connectivity index (χ4n) is 2.57. The maximum absolute atomic E-state index is 11.0. The first-order valence-electron chi connectivity index (χ1n) is 6.06. The normalized spacial score (nSPS) is 17.4. The smallest absolute Gasteiger partial charge is 0.101 e. The molecule has 2 nitrogen and oxygen atoms in total. The van der Waals surface area contributed by atoms with Gasteiger partial charge in [-0.15, -0.1) is 0 Å². The van der Waals surface area contributed by atoms with Crippen LogP contribution in [0.15, 0.2) is 0 Å². The Kier molecular flexibility index (Phi) is 3.97. The molecule has 0 saturated carbocycles. The van der Waals surface area contributed by atoms with Crippen LogP contribution in [0.5, 0.6) is 0 Å². The molecule has 1 atom stereocenters. The Balaban J connectivity index is 5.63. The first-order valence-corrected chi connectivity index (χ1v) is 6.06. The van der Waals surface area contributed by atoms with Crippen molar-refractivity contribution in [1.82, 2.24) is 0 Å². The predicted octanol–water partition coefficient (Wildman–Crippen LogP) is 3.22. The van der Waals surface area contributed by atoms with Crippen molar-refractivity contribution in [2.45, 2.75) is 74.0 Å². The van der Waals surface area contributed by atoms with Crippen LogP contribution in [-0.2, 0) is 0 Å². The summed E-state index contributed by atoms with van der Waals surface area (Å²) in [6, 6.07) is 0. The third-order valence-electron chi connectivity index (χ3n) is 3.50. The average molecular weight is 230 g/mol. The van der Waals surface area contributed by atoms with Crippen molar-refractivity contribution in [3.05, 3.63) is 0 Å². The zero-order valence-corrected chi connectivity index (χ0v) is 12.5. The highest BCUT2D eigenvalue weighted by Gasteiger charge is 2.56. The maximum Gasteiger partial charge on any atom is 0.101 e. The van der Waals surface area contributed by atoms with Crippen LogP contribution in [0.3, 0.4) is 0 Å². The van der Waals surface area contributed by atoms with Gasteiger partial charge in [0.15, 0.2) is 0 Å². The van der Waals surface area contributed by atoms with Gasteiger partial charge in [0, 0.05) is 0 Å². The molecule has 16 heavy (non-hydrogen) atoms. The van der Waals surface area contributed by atoms with Crippen LogP contribution in [0.4, 0.5) is 0 Å². The summed E-state index contributed by atoms with van der Waals surface area (Å²) in [7, 11) is 0. The molecule has 2 N–H and O–H groups in total. The molecule has 0 spiro atoms. The summed E-state index contributed by atoms with van der Waals surface area (Å²) in [4.78, 5) is 0. The van der Waals surface area contributed by atoms with E-state index in [0.29, 0.717) is 0 Å². The maximum atomic E-state index is 11.0. The summed E-state index contributed by atoms with van der Waals surface area (Å²) in [6.45, 7) is 17.8. The highest BCUT2D eigenvalue weighted by atomic mass is 16.3. The summed E-state index contributed by atoms with van der Waals surface area (Å²) in [5.41, 5.74) is -2.22. The third-order valence-corrected chi connectivity index (χ3v) is 3.50. The molecule has 1 unspecified atom stereocenters. The minimum atomic E-state index is -1.13. The van der Waals surface area contributed by atoms with Crippen LogP contribution >= 0.6 is 0 Å². The van der Waals surface area contributed by atoms with Gasteiger partial charge >= 0.3 is 0 Å². The molecule has 0 radical (unpaired) electrons. The van der Waals surface area contributed by atoms with Crippen molar-refractivity contribution in [2.75, 3.05) is 0 Å². The summed E-state index contributed by atoms with van der Waals surface area (Å²) < 4.78 is 0. The number of aliphatic hydroxyl groups excluding tert-OH is 1. The topological polar surface area (TPSA) is 40.5 Å². The van der Waals surface area contributed by atoms with Gasteiger partial charge in [-0.3, -0.25) is 0 Å². The van der Waals surface area contributed by atoms with E-state index in [0.717, 1.165) is 0 Å². The lowest BCUT2D eigenvalue weighted by molar-refractivity contribution is -0.227. The molecule has 0 heterocycles. The van der Waals surface area contributed by atoms with E-state index in [1.807, 2.05) is 62.3 Å². The van der Waals surface area contributed by atoms with Gasteiger partial charge in [-0.2, -0.15) is 0 Å². The van der Waals surface area contributed by atoms with E-state index in [1.54, 1.807) is 0 Å². The minimum Gasteiger partial charge on any atom is -0.390 e. The number of rotatable bonds is 1. The van der Waals surface area contributed by atoms with Crippen LogP contribution in [0, 0.1) is 16.2 Å². The van der Waals surface area contributed by atoms with E-state index in [2.05, 4.69) is 0 Å². The van der Waals surface area contributed by atoms with Gasteiger partial charge in [0.05, 0.1) is 6.10 Å². The van der Waals surface area contributed by atoms with E-state index in [9.17, 15) is 10.2 Å². The highest BCUT2D eigenvalue weighted by molar-refractivity contribution is 5.07. The van der Waals surface area contributed by atoms with Gasteiger partial charge < -0.3 is 10.2 Å². The van der Waals surface area contributed by atoms with Gasteiger partial charge in [-0.25, -0.2) is 0 Å². The average Bonchev–Trinajstić information content (AvgIpc) is 1.95. The van der Waals surface area contributed by atoms with Crippen LogP contribution < -0.4 is 0 Å². The predicted molar refractivity (Wildman–Crippen MR) is 69.3 cm³/mol. The fraction of sp³-hybridized carbons (Fsp3) is 1.00. The van der Waals surface area contributed by atoms with Crippen LogP contribution in [0.25, 0.3) is 0 Å². The first-order chi connectivity index (χ1) is 6.65. The Labute approximate surface area is 101 Å². The third kappa shape index (κ3) is 2.60. The molecule has 2 heteroatoms. The number of aliphatic hydroxyl groups is 2. The molecule has 98 valence electrons. The van der Waals surface area contributed by atoms with Gasteiger partial charge in [0.25, 0.3) is 0 Å². The molecule has 0 fully saturated rings. The molecule has 0 bridgehead atoms. The second kappa shape index (κ2) is 3.99. The molecule has 0 saturated heterocycles. The number of hydrogen-bond acceptors (Lipinski definition) is 2. The van der Waals surface area contributed by atoms with Gasteiger partial charge in [-0.05, 0) is 16.2 Å². The molecule has 0 aliphatic carbocycles. The molecule has 0 aromatic heterocycles. The first kappa shape index (κ1) is 15.9. The molecule has 0 rings (SSSR count). The Hall–Kier alpha value is -0.0800. The van der Waals surface area contributed by atoms with Gasteiger partial charge in [-0.1, -0.05) is 62.3 Å². The Bertz CT molecular complexity index is 221. The van der Waals surface area contributed by atoms with Crippen molar-refractivity contribution in [3.63, 3.8) is 0 Å². The van der Waals surface area contributed by atoms with E-state index in [1.165, 1.54) is 0 Å². The molecule has 0 aromatic carbocycles. The highest BCUT2D eigenvalue weighted by Crippen LogP contribution is 2.49. The zero-order valence-electron chi connectivity index (χ0n) is 12.5. The van der Waals surface area contributed by atoms with Gasteiger partial charge in [0.1, 0.15) is 5.60 Å². The van der Waals surface area contributed by atoms with Crippen molar-refractivity contribution >= 4 is 0 Å². The molecule has 0 aliphatic heterocycles. The van der Waals surface area contributed by atoms with Crippen LogP contribution in [0.2, 0.25) is 0 Å². The molecular formula is C14H30O2. The van der Waals surface area contributed by atoms with Crippen molar-refractivity contribution in [1.29, 1.82) is 0 Å². The lowest BCUT2D eigenvalue weighted by Crippen LogP contribution is -2.64. The quantitative estimate of drug-likeness (QED) is 0.726. The van der Waals surface area contributed by atoms with E-state index in [-0.39, 0.29) is 16.2 Å². The molecule has 0 aromatic rings. The summed E-state index contributed by atoms with van der Waals surface area (Å²) in [5, 5.41) is 21.6. The van der Waals surface area contributed by atoms with E-state index in [4.69, 9.17) is 0 Å². The lowest BCUT2D eigenvalue weighted by atomic mass is 9.56. The molecule has 0 aliphatic rings. The van der Waals surface area contributed by atoms with E-state index < -0.39 is 11.7 Å². The Morgan fingerprint density at radius 1 is 0.688 bits per heavy atom. The monoisotopic (exact) mass is 230 g/mol. The van der Waals surface area contributed by atoms with Crippen LogP contribution in [-0.4, -0.2) is 21.9 Å². The fourth-order valence-corrected chi connectivity index (χ4v) is 2.57. The van der Waals surface area contributed by atoms with Gasteiger partial charge in [0.2, 0.25) is 0 Å². The molecule has 0 amide bonds. The largest absolute Gasteiger partial charge is 0.390 e. The second-order valence-electron chi connectivity index (χ2n) is 8.03. The Morgan fingerprint density at radius 3 is 1.00 bits per heavy atom. The van der Waals surface area contributed by atoms with Crippen LogP contribution in [0.1, 0.15) is 62.3 Å². The summed E-state index contributed by atoms with van der Waals surface area (Å²) in [6.07, 6.45) is -0.764. The summed E-state index contributed by atoms with van der Waals surface area (Å²) in [5.74, 6) is 0. The zero-order chi connectivity index (χ0) is 13.6. The second-order valence-corrected chi connectivity index (χ2v) is 8.03. The lowest BCUT2D eigenvalue weighted by Gasteiger charge is -2.55. The summed E-state index contributed by atoms with van der Waals surface area (Å²) >= 11 is 0. The standard InChI is InChI=1S/C14H30O2/c1-11(2,3)10(15)14(16,12(4,5)6)13(7,8)9/h10,15-16H,1-9H3. The minimum absolute atomic E-state index is 0.338. The molecular weight excluding hydrogens is 200 g/mol. The SMILES string of the molecule is CC(C)(C)C(O)C(O)(C(C)(C)C)C(C)(C)C. The van der Waals surface area contributed by atoms with Crippen molar-refractivity contribution < 1.29 is 10.2 Å². The van der Waals surface area contributed by atoms with E-state index >= 15 is 0 Å². The Morgan fingerprint density at radius 2 is 0.938 bits per heavy atom.